The lowest BCUT2D eigenvalue weighted by molar-refractivity contribution is -0.140. The number of aryl methyl sites for hydroxylation is 1. The van der Waals surface area contributed by atoms with Gasteiger partial charge in [0.1, 0.15) is 29.1 Å². The predicted octanol–water partition coefficient (Wildman–Crippen LogP) is 3.88. The van der Waals surface area contributed by atoms with E-state index in [1.807, 2.05) is 0 Å². The van der Waals surface area contributed by atoms with Crippen LogP contribution < -0.4 is 0 Å². The highest BCUT2D eigenvalue weighted by Gasteiger charge is 2.47. The molecule has 1 unspecified atom stereocenters. The molecule has 2 heterocycles. The van der Waals surface area contributed by atoms with Gasteiger partial charge in [-0.15, -0.1) is 0 Å². The molecule has 160 valence electrons. The zero-order chi connectivity index (χ0) is 21.8. The van der Waals surface area contributed by atoms with Crippen molar-refractivity contribution in [1.29, 1.82) is 0 Å². The largest absolute Gasteiger partial charge is 0.507 e. The van der Waals surface area contributed by atoms with Crippen LogP contribution in [0.3, 0.4) is 0 Å². The molecule has 7 heteroatoms. The minimum Gasteiger partial charge on any atom is -0.507 e. The second-order valence-electron chi connectivity index (χ2n) is 7.33. The van der Waals surface area contributed by atoms with Crippen molar-refractivity contribution in [3.8, 4) is 0 Å². The van der Waals surface area contributed by atoms with Crippen molar-refractivity contribution in [3.63, 3.8) is 0 Å². The number of aliphatic hydroxyl groups excluding tert-OH is 1. The zero-order valence-corrected chi connectivity index (χ0v) is 17.5. The number of rotatable bonds is 8. The van der Waals surface area contributed by atoms with Gasteiger partial charge in [-0.3, -0.25) is 9.59 Å². The van der Waals surface area contributed by atoms with E-state index in [2.05, 4.69) is 18.7 Å². The fourth-order valence-corrected chi connectivity index (χ4v) is 3.77. The normalized spacial score (nSPS) is 18.6. The Morgan fingerprint density at radius 2 is 1.80 bits per heavy atom. The first kappa shape index (κ1) is 21.8. The summed E-state index contributed by atoms with van der Waals surface area (Å²) in [5.74, 6) is -1.17. The monoisotopic (exact) mass is 414 g/mol. The van der Waals surface area contributed by atoms with Gasteiger partial charge in [-0.05, 0) is 69.4 Å². The highest BCUT2D eigenvalue weighted by atomic mass is 19.1. The zero-order valence-electron chi connectivity index (χ0n) is 17.5. The van der Waals surface area contributed by atoms with Crippen LogP contribution >= 0.6 is 0 Å². The van der Waals surface area contributed by atoms with E-state index >= 15 is 0 Å². The van der Waals surface area contributed by atoms with Crippen molar-refractivity contribution >= 4 is 17.4 Å². The lowest BCUT2D eigenvalue weighted by Crippen LogP contribution is -2.33. The molecule has 0 radical (unpaired) electrons. The van der Waals surface area contributed by atoms with Gasteiger partial charge in [0, 0.05) is 12.1 Å². The van der Waals surface area contributed by atoms with Gasteiger partial charge in [0.25, 0.3) is 11.7 Å². The number of carbonyl (C=O) groups is 2. The average molecular weight is 414 g/mol. The summed E-state index contributed by atoms with van der Waals surface area (Å²) in [6.07, 6.45) is 0.682. The van der Waals surface area contributed by atoms with E-state index in [9.17, 15) is 19.1 Å². The van der Waals surface area contributed by atoms with Gasteiger partial charge in [0.05, 0.1) is 5.57 Å². The Kier molecular flexibility index (Phi) is 6.72. The van der Waals surface area contributed by atoms with Crippen LogP contribution in [0.4, 0.5) is 4.39 Å². The number of amides is 1. The number of benzene rings is 1. The molecule has 1 aromatic heterocycles. The lowest BCUT2D eigenvalue weighted by atomic mass is 9.99. The maximum Gasteiger partial charge on any atom is 0.295 e. The average Bonchev–Trinajstić information content (AvgIpc) is 3.27. The molecule has 1 saturated heterocycles. The number of carbonyl (C=O) groups excluding carboxylic acids is 2. The Hall–Kier alpha value is -2.93. The van der Waals surface area contributed by atoms with E-state index in [0.29, 0.717) is 24.5 Å². The van der Waals surface area contributed by atoms with Crippen LogP contribution in [0.25, 0.3) is 5.76 Å². The molecule has 0 bridgehead atoms. The van der Waals surface area contributed by atoms with E-state index in [1.165, 1.54) is 29.2 Å². The Morgan fingerprint density at radius 3 is 2.37 bits per heavy atom. The smallest absolute Gasteiger partial charge is 0.295 e. The molecule has 0 spiro atoms. The first-order chi connectivity index (χ1) is 14.4. The molecular weight excluding hydrogens is 387 g/mol. The Labute approximate surface area is 175 Å². The number of furan rings is 1. The van der Waals surface area contributed by atoms with Gasteiger partial charge < -0.3 is 19.3 Å². The van der Waals surface area contributed by atoms with Crippen LogP contribution in [0.15, 0.2) is 46.4 Å². The molecule has 1 aliphatic rings. The minimum absolute atomic E-state index is 0.0382. The van der Waals surface area contributed by atoms with Crippen molar-refractivity contribution in [2.45, 2.75) is 33.2 Å². The molecule has 1 aromatic carbocycles. The van der Waals surface area contributed by atoms with Crippen LogP contribution in [-0.2, 0) is 9.59 Å². The summed E-state index contributed by atoms with van der Waals surface area (Å²) in [6.45, 7) is 8.87. The fraction of sp³-hybridized carbons (Fsp3) is 0.391. The van der Waals surface area contributed by atoms with Crippen LogP contribution in [0.2, 0.25) is 0 Å². The summed E-state index contributed by atoms with van der Waals surface area (Å²) in [6, 6.07) is 7.79. The quantitative estimate of drug-likeness (QED) is 0.403. The fourth-order valence-electron chi connectivity index (χ4n) is 3.77. The molecule has 0 saturated carbocycles. The molecular formula is C23H27FN2O4. The van der Waals surface area contributed by atoms with Crippen LogP contribution in [0, 0.1) is 12.7 Å². The number of ketones is 1. The van der Waals surface area contributed by atoms with Crippen molar-refractivity contribution in [2.75, 3.05) is 26.2 Å². The van der Waals surface area contributed by atoms with Gasteiger partial charge in [0.15, 0.2) is 0 Å². The third-order valence-electron chi connectivity index (χ3n) is 5.46. The SMILES string of the molecule is CCN(CC)CCCN1C(=O)C(=O)/C(=C(/O)c2ccc(F)cc2)C1c1ccc(C)o1. The van der Waals surface area contributed by atoms with Crippen LogP contribution in [0.5, 0.6) is 0 Å². The third kappa shape index (κ3) is 4.31. The first-order valence-electron chi connectivity index (χ1n) is 10.2. The molecule has 30 heavy (non-hydrogen) atoms. The van der Waals surface area contributed by atoms with Crippen LogP contribution in [-0.4, -0.2) is 52.8 Å². The highest BCUT2D eigenvalue weighted by molar-refractivity contribution is 6.46. The topological polar surface area (TPSA) is 74.0 Å². The number of Topliss-reactive ketones (excluding diaryl/α,β-unsaturated/α-hetero) is 1. The van der Waals surface area contributed by atoms with Crippen molar-refractivity contribution in [1.82, 2.24) is 9.80 Å². The van der Waals surface area contributed by atoms with E-state index in [4.69, 9.17) is 4.42 Å². The summed E-state index contributed by atoms with van der Waals surface area (Å²) in [5.41, 5.74) is 0.231. The molecule has 3 rings (SSSR count). The third-order valence-corrected chi connectivity index (χ3v) is 5.46. The predicted molar refractivity (Wildman–Crippen MR) is 111 cm³/mol. The summed E-state index contributed by atoms with van der Waals surface area (Å²) in [7, 11) is 0. The summed E-state index contributed by atoms with van der Waals surface area (Å²) in [4.78, 5) is 29.4. The number of likely N-dealkylation sites (tertiary alicyclic amines) is 1. The molecule has 1 fully saturated rings. The van der Waals surface area contributed by atoms with Gasteiger partial charge in [-0.25, -0.2) is 4.39 Å². The molecule has 1 atom stereocenters. The highest BCUT2D eigenvalue weighted by Crippen LogP contribution is 2.40. The number of aliphatic hydroxyl groups is 1. The molecule has 1 amide bonds. The Balaban J connectivity index is 1.99. The number of halogens is 1. The van der Waals surface area contributed by atoms with Gasteiger partial charge in [-0.2, -0.15) is 0 Å². The lowest BCUT2D eigenvalue weighted by Gasteiger charge is -2.25. The molecule has 6 nitrogen and oxygen atoms in total. The molecule has 0 aliphatic carbocycles. The number of nitrogens with zero attached hydrogens (tertiary/aromatic N) is 2. The van der Waals surface area contributed by atoms with Crippen molar-refractivity contribution in [2.24, 2.45) is 0 Å². The molecule has 2 aromatic rings. The summed E-state index contributed by atoms with van der Waals surface area (Å²) >= 11 is 0. The van der Waals surface area contributed by atoms with E-state index in [1.54, 1.807) is 19.1 Å². The second-order valence-corrected chi connectivity index (χ2v) is 7.33. The maximum atomic E-state index is 13.3. The van der Waals surface area contributed by atoms with Gasteiger partial charge in [0.2, 0.25) is 0 Å². The Morgan fingerprint density at radius 1 is 1.13 bits per heavy atom. The van der Waals surface area contributed by atoms with Gasteiger partial charge >= 0.3 is 0 Å². The molecule has 1 N–H and O–H groups in total. The number of hydrogen-bond acceptors (Lipinski definition) is 5. The van der Waals surface area contributed by atoms with E-state index in [0.717, 1.165) is 19.6 Å². The maximum absolute atomic E-state index is 13.3. The first-order valence-corrected chi connectivity index (χ1v) is 10.2. The summed E-state index contributed by atoms with van der Waals surface area (Å²) < 4.78 is 19.0. The van der Waals surface area contributed by atoms with Gasteiger partial charge in [-0.1, -0.05) is 13.8 Å². The van der Waals surface area contributed by atoms with E-state index in [-0.39, 0.29) is 16.9 Å². The Bertz CT molecular complexity index is 944. The van der Waals surface area contributed by atoms with Crippen LogP contribution in [0.1, 0.15) is 43.4 Å². The number of hydrogen-bond donors (Lipinski definition) is 1. The summed E-state index contributed by atoms with van der Waals surface area (Å²) in [5, 5.41) is 10.9. The van der Waals surface area contributed by atoms with Crippen molar-refractivity contribution < 1.29 is 23.5 Å². The molecule has 1 aliphatic heterocycles. The minimum atomic E-state index is -0.819. The standard InChI is InChI=1S/C23H27FN2O4/c1-4-25(5-2)13-6-14-26-20(18-12-7-15(3)30-18)19(22(28)23(26)29)21(27)16-8-10-17(24)11-9-16/h7-12,20,27H,4-6,13-14H2,1-3H3/b21-19+. The van der Waals surface area contributed by atoms with E-state index < -0.39 is 23.5 Å². The van der Waals surface area contributed by atoms with Crippen molar-refractivity contribution in [3.05, 3.63) is 64.9 Å². The second kappa shape index (κ2) is 9.26.